The summed E-state index contributed by atoms with van der Waals surface area (Å²) < 4.78 is 6.96. The fourth-order valence-electron chi connectivity index (χ4n) is 3.48. The predicted octanol–water partition coefficient (Wildman–Crippen LogP) is 3.94. The maximum atomic E-state index is 12.4. The van der Waals surface area contributed by atoms with Crippen LogP contribution < -0.4 is 16.2 Å². The molecule has 1 unspecified atom stereocenters. The molecule has 0 aliphatic heterocycles. The Bertz CT molecular complexity index is 1030. The van der Waals surface area contributed by atoms with Gasteiger partial charge in [-0.15, -0.1) is 0 Å². The number of aryl methyl sites for hydroxylation is 1. The van der Waals surface area contributed by atoms with Crippen molar-refractivity contribution in [3.05, 3.63) is 65.0 Å². The lowest BCUT2D eigenvalue weighted by atomic mass is 10.1. The molecule has 30 heavy (non-hydrogen) atoms. The lowest BCUT2D eigenvalue weighted by Crippen LogP contribution is -2.36. The minimum Gasteiger partial charge on any atom is -0.468 e. The smallest absolute Gasteiger partial charge is 0.319 e. The van der Waals surface area contributed by atoms with Crippen LogP contribution in [0.5, 0.6) is 0 Å². The fourth-order valence-corrected chi connectivity index (χ4v) is 3.48. The fraction of sp³-hybridized carbons (Fsp3) is 0.391. The number of hydrogen-bond acceptors (Lipinski definition) is 4. The molecular formula is C23H30N4O3. The van der Waals surface area contributed by atoms with Gasteiger partial charge in [-0.2, -0.15) is 0 Å². The molecule has 2 amide bonds. The lowest BCUT2D eigenvalue weighted by Gasteiger charge is -2.27. The first-order chi connectivity index (χ1) is 14.5. The predicted molar refractivity (Wildman–Crippen MR) is 120 cm³/mol. The number of pyridine rings is 1. The van der Waals surface area contributed by atoms with E-state index in [0.29, 0.717) is 23.7 Å². The summed E-state index contributed by atoms with van der Waals surface area (Å²) >= 11 is 0. The van der Waals surface area contributed by atoms with E-state index < -0.39 is 0 Å². The highest BCUT2D eigenvalue weighted by Gasteiger charge is 2.14. The van der Waals surface area contributed by atoms with Gasteiger partial charge in [-0.05, 0) is 38.0 Å². The first-order valence-corrected chi connectivity index (χ1v) is 10.4. The molecule has 0 saturated heterocycles. The second-order valence-electron chi connectivity index (χ2n) is 7.55. The number of carbonyl (C=O) groups is 1. The zero-order chi connectivity index (χ0) is 21.5. The zero-order valence-electron chi connectivity index (χ0n) is 17.9. The number of urea groups is 1. The minimum atomic E-state index is -0.278. The average molecular weight is 411 g/mol. The molecule has 2 heterocycles. The maximum Gasteiger partial charge on any atom is 0.319 e. The van der Waals surface area contributed by atoms with E-state index in [-0.39, 0.29) is 11.6 Å². The molecule has 7 nitrogen and oxygen atoms in total. The van der Waals surface area contributed by atoms with Crippen molar-refractivity contribution in [1.29, 1.82) is 0 Å². The minimum absolute atomic E-state index is 0.0850. The Kier molecular flexibility index (Phi) is 7.30. The van der Waals surface area contributed by atoms with Gasteiger partial charge in [0.2, 0.25) is 0 Å². The summed E-state index contributed by atoms with van der Waals surface area (Å²) in [4.78, 5) is 27.0. The second-order valence-corrected chi connectivity index (χ2v) is 7.55. The molecule has 3 aromatic rings. The number of amides is 2. The molecule has 7 heteroatoms. The molecule has 1 aromatic carbocycles. The molecule has 0 aliphatic carbocycles. The largest absolute Gasteiger partial charge is 0.468 e. The maximum absolute atomic E-state index is 12.4. The summed E-state index contributed by atoms with van der Waals surface area (Å²) in [7, 11) is 1.68. The van der Waals surface area contributed by atoms with Crippen molar-refractivity contribution >= 4 is 22.5 Å². The molecule has 1 atom stereocenters. The Labute approximate surface area is 176 Å². The van der Waals surface area contributed by atoms with Crippen LogP contribution in [0.25, 0.3) is 10.8 Å². The first-order valence-electron chi connectivity index (χ1n) is 10.4. The van der Waals surface area contributed by atoms with Crippen LogP contribution in [0.15, 0.2) is 58.1 Å². The average Bonchev–Trinajstić information content (AvgIpc) is 3.26. The Morgan fingerprint density at radius 3 is 2.67 bits per heavy atom. The number of nitrogens with one attached hydrogen (secondary N) is 2. The van der Waals surface area contributed by atoms with Crippen LogP contribution in [-0.2, 0) is 13.6 Å². The van der Waals surface area contributed by atoms with Gasteiger partial charge in [0.05, 0.1) is 18.5 Å². The highest BCUT2D eigenvalue weighted by Crippen LogP contribution is 2.19. The highest BCUT2D eigenvalue weighted by atomic mass is 16.3. The van der Waals surface area contributed by atoms with E-state index in [9.17, 15) is 9.59 Å². The van der Waals surface area contributed by atoms with Crippen LogP contribution in [0, 0.1) is 0 Å². The Morgan fingerprint density at radius 1 is 1.20 bits per heavy atom. The van der Waals surface area contributed by atoms with Gasteiger partial charge in [-0.25, -0.2) is 4.79 Å². The number of aromatic nitrogens is 1. The van der Waals surface area contributed by atoms with E-state index in [0.717, 1.165) is 37.1 Å². The summed E-state index contributed by atoms with van der Waals surface area (Å²) in [6.07, 6.45) is 5.22. The number of hydrogen-bond donors (Lipinski definition) is 2. The molecule has 2 aromatic heterocycles. The molecule has 0 bridgehead atoms. The van der Waals surface area contributed by atoms with Crippen LogP contribution in [0.3, 0.4) is 0 Å². The molecule has 2 N–H and O–H groups in total. The molecule has 160 valence electrons. The summed E-state index contributed by atoms with van der Waals surface area (Å²) in [6, 6.07) is 11.3. The highest BCUT2D eigenvalue weighted by molar-refractivity contribution is 6.00. The van der Waals surface area contributed by atoms with Gasteiger partial charge in [-0.3, -0.25) is 9.69 Å². The van der Waals surface area contributed by atoms with Crippen LogP contribution >= 0.6 is 0 Å². The number of anilines is 1. The van der Waals surface area contributed by atoms with E-state index in [1.54, 1.807) is 25.6 Å². The second kappa shape index (κ2) is 10.1. The van der Waals surface area contributed by atoms with Crippen LogP contribution in [-0.4, -0.2) is 34.6 Å². The normalized spacial score (nSPS) is 12.3. The molecular weight excluding hydrogens is 380 g/mol. The van der Waals surface area contributed by atoms with Gasteiger partial charge in [0, 0.05) is 43.1 Å². The third kappa shape index (κ3) is 5.30. The van der Waals surface area contributed by atoms with E-state index in [2.05, 4.69) is 29.4 Å². The van der Waals surface area contributed by atoms with Crippen molar-refractivity contribution in [1.82, 2.24) is 14.8 Å². The first kappa shape index (κ1) is 21.6. The van der Waals surface area contributed by atoms with Crippen molar-refractivity contribution in [3.63, 3.8) is 0 Å². The summed E-state index contributed by atoms with van der Waals surface area (Å²) in [5.74, 6) is 0.947. The summed E-state index contributed by atoms with van der Waals surface area (Å²) in [5.41, 5.74) is 0.530. The van der Waals surface area contributed by atoms with Gasteiger partial charge < -0.3 is 19.6 Å². The van der Waals surface area contributed by atoms with E-state index in [1.807, 2.05) is 30.3 Å². The summed E-state index contributed by atoms with van der Waals surface area (Å²) in [5, 5.41) is 7.10. The number of benzene rings is 1. The van der Waals surface area contributed by atoms with Gasteiger partial charge in [-0.1, -0.05) is 25.1 Å². The molecule has 0 saturated carbocycles. The number of furan rings is 1. The van der Waals surface area contributed by atoms with Crippen molar-refractivity contribution in [2.45, 2.75) is 39.3 Å². The van der Waals surface area contributed by atoms with Crippen LogP contribution in [0.2, 0.25) is 0 Å². The molecule has 0 aliphatic rings. The quantitative estimate of drug-likeness (QED) is 0.524. The molecule has 0 radical (unpaired) electrons. The zero-order valence-corrected chi connectivity index (χ0v) is 17.9. The third-order valence-electron chi connectivity index (χ3n) is 5.40. The lowest BCUT2D eigenvalue weighted by molar-refractivity contribution is 0.178. The van der Waals surface area contributed by atoms with Crippen molar-refractivity contribution < 1.29 is 9.21 Å². The van der Waals surface area contributed by atoms with E-state index in [1.165, 1.54) is 4.57 Å². The van der Waals surface area contributed by atoms with Gasteiger partial charge in [0.25, 0.3) is 5.56 Å². The van der Waals surface area contributed by atoms with Gasteiger partial charge in [0.15, 0.2) is 0 Å². The van der Waals surface area contributed by atoms with Crippen molar-refractivity contribution in [2.75, 3.05) is 18.4 Å². The molecule has 0 spiro atoms. The standard InChI is InChI=1S/C23H30N4O3/c1-4-17(2)27(15-18-9-7-14-30-18)13-8-12-24-23(29)25-21-16-26(3)22(28)20-11-6-5-10-19(20)21/h5-7,9-11,14,16-17H,4,8,12-13,15H2,1-3H3,(H2,24,25,29). The summed E-state index contributed by atoms with van der Waals surface area (Å²) in [6.45, 7) is 6.55. The molecule has 0 fully saturated rings. The van der Waals surface area contributed by atoms with Crippen LogP contribution in [0.4, 0.5) is 10.5 Å². The number of carbonyl (C=O) groups excluding carboxylic acids is 1. The number of rotatable bonds is 9. The van der Waals surface area contributed by atoms with E-state index >= 15 is 0 Å². The number of nitrogens with zero attached hydrogens (tertiary/aromatic N) is 2. The van der Waals surface area contributed by atoms with Crippen molar-refractivity contribution in [3.8, 4) is 0 Å². The monoisotopic (exact) mass is 410 g/mol. The molecule has 3 rings (SSSR count). The van der Waals surface area contributed by atoms with E-state index in [4.69, 9.17) is 4.42 Å². The van der Waals surface area contributed by atoms with Crippen LogP contribution in [0.1, 0.15) is 32.4 Å². The number of fused-ring (bicyclic) bond motifs is 1. The Balaban J connectivity index is 1.54. The van der Waals surface area contributed by atoms with Gasteiger partial charge in [0.1, 0.15) is 5.76 Å². The van der Waals surface area contributed by atoms with Crippen molar-refractivity contribution in [2.24, 2.45) is 7.05 Å². The van der Waals surface area contributed by atoms with Gasteiger partial charge >= 0.3 is 6.03 Å². The Hall–Kier alpha value is -3.06. The third-order valence-corrected chi connectivity index (χ3v) is 5.40. The SMILES string of the molecule is CCC(C)N(CCCNC(=O)Nc1cn(C)c(=O)c2ccccc12)Cc1ccco1. The Morgan fingerprint density at radius 2 is 1.97 bits per heavy atom. The topological polar surface area (TPSA) is 79.5 Å².